The fourth-order valence-corrected chi connectivity index (χ4v) is 2.97. The van der Waals surface area contributed by atoms with E-state index in [-0.39, 0.29) is 12.2 Å². The number of benzene rings is 1. The number of amides is 1. The number of aliphatic hydroxyl groups is 1. The monoisotopic (exact) mass is 325 g/mol. The van der Waals surface area contributed by atoms with Crippen molar-refractivity contribution in [1.29, 1.82) is 0 Å². The highest BCUT2D eigenvalue weighted by atomic mass is 79.9. The molecule has 4 nitrogen and oxygen atoms in total. The van der Waals surface area contributed by atoms with E-state index in [1.165, 1.54) is 6.92 Å². The highest BCUT2D eigenvalue weighted by Gasteiger charge is 2.50. The van der Waals surface area contributed by atoms with Crippen LogP contribution in [0.1, 0.15) is 24.5 Å². The number of halogens is 1. The van der Waals surface area contributed by atoms with Crippen molar-refractivity contribution in [2.75, 3.05) is 16.8 Å². The van der Waals surface area contributed by atoms with Crippen molar-refractivity contribution in [3.63, 3.8) is 0 Å². The van der Waals surface area contributed by atoms with Crippen LogP contribution in [0.15, 0.2) is 18.2 Å². The lowest BCUT2D eigenvalue weighted by atomic mass is 9.89. The molecule has 0 aliphatic carbocycles. The van der Waals surface area contributed by atoms with E-state index in [4.69, 9.17) is 0 Å². The van der Waals surface area contributed by atoms with Gasteiger partial charge in [0.15, 0.2) is 5.60 Å². The van der Waals surface area contributed by atoms with Crippen LogP contribution in [0.3, 0.4) is 0 Å². The Bertz CT molecular complexity index is 543. The molecule has 1 unspecified atom stereocenters. The zero-order valence-corrected chi connectivity index (χ0v) is 12.5. The van der Waals surface area contributed by atoms with Gasteiger partial charge in [-0.05, 0) is 19.4 Å². The fourth-order valence-electron chi connectivity index (χ4n) is 2.62. The Kier molecular flexibility index (Phi) is 3.78. The van der Waals surface area contributed by atoms with Gasteiger partial charge in [0.05, 0.1) is 5.69 Å². The molecule has 0 radical (unpaired) electrons. The summed E-state index contributed by atoms with van der Waals surface area (Å²) in [5, 5.41) is 11.3. The van der Waals surface area contributed by atoms with Gasteiger partial charge in [0.2, 0.25) is 0 Å². The largest absolute Gasteiger partial charge is 0.375 e. The Labute approximate surface area is 120 Å². The molecule has 19 heavy (non-hydrogen) atoms. The summed E-state index contributed by atoms with van der Waals surface area (Å²) in [6, 6.07) is 5.41. The molecular formula is C14H16BrNO3. The summed E-state index contributed by atoms with van der Waals surface area (Å²) in [5.41, 5.74) is 0.477. The first-order chi connectivity index (χ1) is 8.91. The van der Waals surface area contributed by atoms with Crippen molar-refractivity contribution in [3.05, 3.63) is 29.3 Å². The Morgan fingerprint density at radius 1 is 1.47 bits per heavy atom. The number of carbonyl (C=O) groups is 2. The average molecular weight is 326 g/mol. The predicted octanol–water partition coefficient (Wildman–Crippen LogP) is 1.90. The molecule has 1 atom stereocenters. The topological polar surface area (TPSA) is 57.6 Å². The van der Waals surface area contributed by atoms with Gasteiger partial charge < -0.3 is 10.0 Å². The molecule has 0 saturated carbocycles. The minimum Gasteiger partial charge on any atom is -0.375 e. The van der Waals surface area contributed by atoms with Crippen LogP contribution in [-0.4, -0.2) is 28.7 Å². The van der Waals surface area contributed by atoms with E-state index in [9.17, 15) is 14.7 Å². The van der Waals surface area contributed by atoms with Crippen molar-refractivity contribution in [2.24, 2.45) is 0 Å². The van der Waals surface area contributed by atoms with Crippen LogP contribution in [0.2, 0.25) is 0 Å². The van der Waals surface area contributed by atoms with Crippen molar-refractivity contribution >= 4 is 33.3 Å². The number of fused-ring (bicyclic) bond motifs is 1. The number of nitrogens with zero attached hydrogens (tertiary/aromatic N) is 1. The van der Waals surface area contributed by atoms with Crippen LogP contribution >= 0.6 is 15.9 Å². The molecule has 0 saturated heterocycles. The van der Waals surface area contributed by atoms with E-state index in [2.05, 4.69) is 15.9 Å². The molecule has 1 heterocycles. The van der Waals surface area contributed by atoms with Gasteiger partial charge in [-0.15, -0.1) is 0 Å². The molecular weight excluding hydrogens is 310 g/mol. The number of anilines is 1. The number of para-hydroxylation sites is 1. The van der Waals surface area contributed by atoms with E-state index in [0.717, 1.165) is 11.3 Å². The van der Waals surface area contributed by atoms with Crippen LogP contribution in [0.5, 0.6) is 0 Å². The number of rotatable bonds is 4. The normalized spacial score (nSPS) is 21.7. The summed E-state index contributed by atoms with van der Waals surface area (Å²) in [4.78, 5) is 25.4. The third-order valence-corrected chi connectivity index (χ3v) is 3.72. The standard InChI is InChI=1S/C14H16BrNO3/c1-9-4-3-5-11-12(9)16(7-6-15)13(18)14(11,19)8-10(2)17/h3-5,19H,6-8H2,1-2H3. The highest BCUT2D eigenvalue weighted by Crippen LogP contribution is 2.44. The molecule has 102 valence electrons. The van der Waals surface area contributed by atoms with Crippen molar-refractivity contribution < 1.29 is 14.7 Å². The molecule has 1 aromatic rings. The first-order valence-corrected chi connectivity index (χ1v) is 7.24. The van der Waals surface area contributed by atoms with Crippen LogP contribution < -0.4 is 4.90 Å². The molecule has 0 aromatic heterocycles. The number of Topliss-reactive ketones (excluding diaryl/α,β-unsaturated/α-hetero) is 1. The van der Waals surface area contributed by atoms with Gasteiger partial charge in [0.25, 0.3) is 5.91 Å². The summed E-state index contributed by atoms with van der Waals surface area (Å²) < 4.78 is 0. The van der Waals surface area contributed by atoms with Crippen molar-refractivity contribution in [2.45, 2.75) is 25.9 Å². The third-order valence-electron chi connectivity index (χ3n) is 3.37. The second kappa shape index (κ2) is 5.06. The van der Waals surface area contributed by atoms with Gasteiger partial charge in [-0.1, -0.05) is 34.1 Å². The zero-order valence-electron chi connectivity index (χ0n) is 10.9. The van der Waals surface area contributed by atoms with E-state index < -0.39 is 11.5 Å². The number of carbonyl (C=O) groups excluding carboxylic acids is 2. The predicted molar refractivity (Wildman–Crippen MR) is 76.5 cm³/mol. The molecule has 1 amide bonds. The minimum absolute atomic E-state index is 0.179. The quantitative estimate of drug-likeness (QED) is 0.860. The molecule has 1 aliphatic rings. The first kappa shape index (κ1) is 14.2. The summed E-state index contributed by atoms with van der Waals surface area (Å²) in [6.45, 7) is 3.75. The average Bonchev–Trinajstić information content (AvgIpc) is 2.53. The molecule has 0 spiro atoms. The number of alkyl halides is 1. The van der Waals surface area contributed by atoms with Crippen LogP contribution in [0.25, 0.3) is 0 Å². The van der Waals surface area contributed by atoms with Gasteiger partial charge in [-0.3, -0.25) is 9.59 Å². The maximum atomic E-state index is 12.5. The second-order valence-corrected chi connectivity index (χ2v) is 5.65. The maximum absolute atomic E-state index is 12.5. The van der Waals surface area contributed by atoms with Crippen molar-refractivity contribution in [3.8, 4) is 0 Å². The van der Waals surface area contributed by atoms with Gasteiger partial charge in [0.1, 0.15) is 5.78 Å². The lowest BCUT2D eigenvalue weighted by Gasteiger charge is -2.21. The first-order valence-electron chi connectivity index (χ1n) is 6.11. The van der Waals surface area contributed by atoms with Crippen LogP contribution in [0, 0.1) is 6.92 Å². The number of hydrogen-bond acceptors (Lipinski definition) is 3. The van der Waals surface area contributed by atoms with Gasteiger partial charge in [0, 0.05) is 23.9 Å². The van der Waals surface area contributed by atoms with Crippen LogP contribution in [0.4, 0.5) is 5.69 Å². The lowest BCUT2D eigenvalue weighted by Crippen LogP contribution is -2.42. The van der Waals surface area contributed by atoms with Gasteiger partial charge >= 0.3 is 0 Å². The molecule has 0 bridgehead atoms. The summed E-state index contributed by atoms with van der Waals surface area (Å²) in [5.74, 6) is -0.615. The lowest BCUT2D eigenvalue weighted by molar-refractivity contribution is -0.141. The third kappa shape index (κ3) is 2.21. The number of aryl methyl sites for hydroxylation is 1. The van der Waals surface area contributed by atoms with Crippen LogP contribution in [-0.2, 0) is 15.2 Å². The highest BCUT2D eigenvalue weighted by molar-refractivity contribution is 9.09. The summed E-state index contributed by atoms with van der Waals surface area (Å²) in [6.07, 6.45) is -0.179. The zero-order chi connectivity index (χ0) is 14.2. The smallest absolute Gasteiger partial charge is 0.264 e. The molecule has 0 fully saturated rings. The van der Waals surface area contributed by atoms with Crippen molar-refractivity contribution in [1.82, 2.24) is 0 Å². The molecule has 1 N–H and O–H groups in total. The molecule has 2 rings (SSSR count). The fraction of sp³-hybridized carbons (Fsp3) is 0.429. The Morgan fingerprint density at radius 2 is 2.16 bits per heavy atom. The van der Waals surface area contributed by atoms with Gasteiger partial charge in [-0.2, -0.15) is 0 Å². The Morgan fingerprint density at radius 3 is 2.74 bits per heavy atom. The minimum atomic E-state index is -1.71. The molecule has 5 heteroatoms. The van der Waals surface area contributed by atoms with E-state index in [1.54, 1.807) is 17.0 Å². The Balaban J connectivity index is 2.59. The molecule has 1 aliphatic heterocycles. The summed E-state index contributed by atoms with van der Waals surface area (Å²) >= 11 is 3.31. The second-order valence-electron chi connectivity index (χ2n) is 4.86. The summed E-state index contributed by atoms with van der Waals surface area (Å²) in [7, 11) is 0. The number of hydrogen-bond donors (Lipinski definition) is 1. The van der Waals surface area contributed by atoms with Gasteiger partial charge in [-0.25, -0.2) is 0 Å². The van der Waals surface area contributed by atoms with E-state index in [1.807, 2.05) is 13.0 Å². The van der Waals surface area contributed by atoms with E-state index >= 15 is 0 Å². The SMILES string of the molecule is CC(=O)CC1(O)C(=O)N(CCBr)c2c(C)cccc21. The maximum Gasteiger partial charge on any atom is 0.264 e. The number of ketones is 1. The van der Waals surface area contributed by atoms with E-state index in [0.29, 0.717) is 17.4 Å². The molecule has 1 aromatic carbocycles. The Hall–Kier alpha value is -1.20.